The monoisotopic (exact) mass is 596 g/mol. The molecule has 8 heteroatoms. The van der Waals surface area contributed by atoms with Gasteiger partial charge in [0.05, 0.1) is 35.7 Å². The predicted octanol–water partition coefficient (Wildman–Crippen LogP) is 7.59. The summed E-state index contributed by atoms with van der Waals surface area (Å²) in [6.07, 6.45) is 0.798. The number of hydrogen-bond donors (Lipinski definition) is 2. The van der Waals surface area contributed by atoms with Gasteiger partial charge < -0.3 is 24.8 Å². The van der Waals surface area contributed by atoms with Crippen molar-refractivity contribution in [3.63, 3.8) is 0 Å². The van der Waals surface area contributed by atoms with E-state index >= 15 is 0 Å². The topological polar surface area (TPSA) is 85.9 Å². The summed E-state index contributed by atoms with van der Waals surface area (Å²) in [5.74, 6) is 1.18. The number of nitrogens with one attached hydrogen (secondary N) is 2. The summed E-state index contributed by atoms with van der Waals surface area (Å²) >= 11 is 3.58. The molecule has 208 valence electrons. The third kappa shape index (κ3) is 8.75. The van der Waals surface area contributed by atoms with Gasteiger partial charge in [0.25, 0.3) is 5.91 Å². The van der Waals surface area contributed by atoms with Gasteiger partial charge in [-0.15, -0.1) is 0 Å². The number of halogens is 1. The van der Waals surface area contributed by atoms with Crippen LogP contribution < -0.4 is 24.8 Å². The molecule has 0 unspecified atom stereocenters. The quantitative estimate of drug-likeness (QED) is 0.210. The molecule has 0 bridgehead atoms. The summed E-state index contributed by atoms with van der Waals surface area (Å²) in [6.45, 7) is 11.4. The van der Waals surface area contributed by atoms with Gasteiger partial charge in [0.2, 0.25) is 5.91 Å². The number of amides is 2. The smallest absolute Gasteiger partial charge is 0.255 e. The van der Waals surface area contributed by atoms with Crippen LogP contribution in [0.1, 0.15) is 63.4 Å². The zero-order valence-electron chi connectivity index (χ0n) is 23.2. The van der Waals surface area contributed by atoms with Crippen LogP contribution in [0.3, 0.4) is 0 Å². The fourth-order valence-corrected chi connectivity index (χ4v) is 4.29. The van der Waals surface area contributed by atoms with Gasteiger partial charge in [-0.1, -0.05) is 45.0 Å². The average Bonchev–Trinajstić information content (AvgIpc) is 2.89. The van der Waals surface area contributed by atoms with Crippen LogP contribution in [-0.2, 0) is 10.2 Å². The fraction of sp³-hybridized carbons (Fsp3) is 0.355. The van der Waals surface area contributed by atoms with Crippen molar-refractivity contribution in [2.75, 3.05) is 30.5 Å². The Morgan fingerprint density at radius 2 is 1.41 bits per heavy atom. The molecule has 7 nitrogen and oxygen atoms in total. The number of anilines is 2. The van der Waals surface area contributed by atoms with Crippen molar-refractivity contribution in [2.24, 2.45) is 0 Å². The number of ether oxygens (including phenoxy) is 3. The molecule has 0 aliphatic rings. The summed E-state index contributed by atoms with van der Waals surface area (Å²) in [6, 6.07) is 18.3. The lowest BCUT2D eigenvalue weighted by Crippen LogP contribution is -2.16. The van der Waals surface area contributed by atoms with Crippen molar-refractivity contribution in [1.29, 1.82) is 0 Å². The van der Waals surface area contributed by atoms with Crippen LogP contribution in [0.2, 0.25) is 0 Å². The van der Waals surface area contributed by atoms with Gasteiger partial charge >= 0.3 is 0 Å². The summed E-state index contributed by atoms with van der Waals surface area (Å²) < 4.78 is 18.3. The third-order valence-corrected chi connectivity index (χ3v) is 6.46. The van der Waals surface area contributed by atoms with Gasteiger partial charge in [-0.25, -0.2) is 0 Å². The minimum Gasteiger partial charge on any atom is -0.492 e. The Kier molecular flexibility index (Phi) is 10.8. The zero-order chi connectivity index (χ0) is 28.4. The molecule has 0 atom stereocenters. The normalized spacial score (nSPS) is 11.0. The maximum absolute atomic E-state index is 12.8. The summed E-state index contributed by atoms with van der Waals surface area (Å²) in [4.78, 5) is 25.5. The molecule has 3 rings (SSSR count). The van der Waals surface area contributed by atoms with Crippen LogP contribution in [0.4, 0.5) is 11.4 Å². The van der Waals surface area contributed by atoms with Crippen molar-refractivity contribution in [1.82, 2.24) is 0 Å². The number of rotatable bonds is 12. The molecule has 39 heavy (non-hydrogen) atoms. The Balaban J connectivity index is 1.64. The van der Waals surface area contributed by atoms with E-state index in [2.05, 4.69) is 59.5 Å². The largest absolute Gasteiger partial charge is 0.492 e. The minimum atomic E-state index is -0.268. The van der Waals surface area contributed by atoms with E-state index in [9.17, 15) is 9.59 Å². The lowest BCUT2D eigenvalue weighted by molar-refractivity contribution is -0.116. The zero-order valence-corrected chi connectivity index (χ0v) is 24.8. The Morgan fingerprint density at radius 1 is 0.795 bits per heavy atom. The third-order valence-electron chi connectivity index (χ3n) is 5.84. The van der Waals surface area contributed by atoms with Crippen LogP contribution in [0.15, 0.2) is 65.1 Å². The van der Waals surface area contributed by atoms with Gasteiger partial charge in [0.1, 0.15) is 17.2 Å². The molecule has 2 amide bonds. The van der Waals surface area contributed by atoms with Gasteiger partial charge in [0, 0.05) is 24.1 Å². The molecule has 0 aromatic heterocycles. The van der Waals surface area contributed by atoms with E-state index in [-0.39, 0.29) is 23.7 Å². The molecule has 0 aliphatic heterocycles. The highest BCUT2D eigenvalue weighted by Crippen LogP contribution is 2.37. The fourth-order valence-electron chi connectivity index (χ4n) is 3.80. The molecule has 0 heterocycles. The van der Waals surface area contributed by atoms with Gasteiger partial charge in [-0.3, -0.25) is 9.59 Å². The molecular weight excluding hydrogens is 560 g/mol. The number of benzene rings is 3. The van der Waals surface area contributed by atoms with Crippen LogP contribution in [-0.4, -0.2) is 31.6 Å². The lowest BCUT2D eigenvalue weighted by atomic mass is 9.87. The molecular formula is C31H37BrN2O5. The van der Waals surface area contributed by atoms with Crippen LogP contribution in [0, 0.1) is 0 Å². The lowest BCUT2D eigenvalue weighted by Gasteiger charge is -2.20. The summed E-state index contributed by atoms with van der Waals surface area (Å²) in [7, 11) is 0. The molecule has 0 saturated heterocycles. The molecule has 0 aliphatic carbocycles. The second kappa shape index (κ2) is 14.0. The summed E-state index contributed by atoms with van der Waals surface area (Å²) in [5, 5.41) is 5.81. The first-order valence-electron chi connectivity index (χ1n) is 13.1. The predicted molar refractivity (Wildman–Crippen MR) is 159 cm³/mol. The van der Waals surface area contributed by atoms with Crippen molar-refractivity contribution in [2.45, 2.75) is 52.9 Å². The van der Waals surface area contributed by atoms with E-state index < -0.39 is 0 Å². The molecule has 0 radical (unpaired) electrons. The molecule has 3 aromatic rings. The number of carbonyl (C=O) groups is 2. The number of hydrogen-bond acceptors (Lipinski definition) is 5. The van der Waals surface area contributed by atoms with Gasteiger partial charge in [0.15, 0.2) is 0 Å². The maximum Gasteiger partial charge on any atom is 0.255 e. The molecule has 0 spiro atoms. The average molecular weight is 598 g/mol. The van der Waals surface area contributed by atoms with E-state index in [4.69, 9.17) is 14.2 Å². The highest BCUT2D eigenvalue weighted by Gasteiger charge is 2.18. The van der Waals surface area contributed by atoms with Crippen LogP contribution in [0.25, 0.3) is 0 Å². The van der Waals surface area contributed by atoms with Crippen LogP contribution >= 0.6 is 15.9 Å². The van der Waals surface area contributed by atoms with Crippen LogP contribution in [0.5, 0.6) is 17.2 Å². The first kappa shape index (κ1) is 30.0. The molecule has 0 saturated carbocycles. The standard InChI is InChI=1S/C31H37BrN2O5/c1-6-37-27-20-25(34-30(36)21-12-9-8-10-13-21)28(38-7-2)19-24(27)33-29(35)14-11-17-39-26-16-15-22(18-23(26)32)31(3,4)5/h8-10,12-13,15-16,18-20H,6-7,11,14,17H2,1-5H3,(H,33,35)(H,34,36). The first-order valence-corrected chi connectivity index (χ1v) is 13.9. The minimum absolute atomic E-state index is 0.0488. The van der Waals surface area contributed by atoms with E-state index in [1.165, 1.54) is 5.56 Å². The second-order valence-corrected chi connectivity index (χ2v) is 10.8. The van der Waals surface area contributed by atoms with E-state index in [1.807, 2.05) is 26.0 Å². The van der Waals surface area contributed by atoms with Crippen molar-refractivity contribution in [3.8, 4) is 17.2 Å². The van der Waals surface area contributed by atoms with Gasteiger partial charge in [-0.05, 0) is 71.4 Å². The second-order valence-electron chi connectivity index (χ2n) is 9.93. The molecule has 0 fully saturated rings. The van der Waals surface area contributed by atoms with Crippen molar-refractivity contribution in [3.05, 3.63) is 76.3 Å². The summed E-state index contributed by atoms with van der Waals surface area (Å²) in [5.41, 5.74) is 2.72. The van der Waals surface area contributed by atoms with E-state index in [0.29, 0.717) is 54.7 Å². The van der Waals surface area contributed by atoms with E-state index in [0.717, 1.165) is 10.2 Å². The maximum atomic E-state index is 12.8. The van der Waals surface area contributed by atoms with E-state index in [1.54, 1.807) is 36.4 Å². The Labute approximate surface area is 239 Å². The van der Waals surface area contributed by atoms with Crippen molar-refractivity contribution >= 4 is 39.1 Å². The molecule has 2 N–H and O–H groups in total. The highest BCUT2D eigenvalue weighted by molar-refractivity contribution is 9.10. The molecule has 3 aromatic carbocycles. The first-order chi connectivity index (χ1) is 18.6. The van der Waals surface area contributed by atoms with Crippen molar-refractivity contribution < 1.29 is 23.8 Å². The Morgan fingerprint density at radius 3 is 1.97 bits per heavy atom. The SMILES string of the molecule is CCOc1cc(NC(=O)c2ccccc2)c(OCC)cc1NC(=O)CCCOc1ccc(C(C)(C)C)cc1Br. The Hall–Kier alpha value is -3.52. The highest BCUT2D eigenvalue weighted by atomic mass is 79.9. The number of carbonyl (C=O) groups excluding carboxylic acids is 2. The van der Waals surface area contributed by atoms with Gasteiger partial charge in [-0.2, -0.15) is 0 Å². The Bertz CT molecular complexity index is 1270.